The molecular weight excluding hydrogens is 228 g/mol. The Bertz CT molecular complexity index is 412. The molecule has 1 fully saturated rings. The number of halogens is 1. The summed E-state index contributed by atoms with van der Waals surface area (Å²) in [5, 5.41) is 9.75. The third-order valence-corrected chi connectivity index (χ3v) is 3.39. The van der Waals surface area contributed by atoms with Crippen molar-refractivity contribution in [3.05, 3.63) is 34.9 Å². The van der Waals surface area contributed by atoms with Crippen molar-refractivity contribution in [1.29, 1.82) is 0 Å². The summed E-state index contributed by atoms with van der Waals surface area (Å²) in [7, 11) is 1.43. The number of carboxylic acids is 1. The van der Waals surface area contributed by atoms with Crippen LogP contribution in [0.5, 0.6) is 0 Å². The highest BCUT2D eigenvalue weighted by molar-refractivity contribution is 6.30. The lowest BCUT2D eigenvalue weighted by molar-refractivity contribution is -0.150. The molecule has 0 aromatic heterocycles. The average Bonchev–Trinajstić information content (AvgIpc) is 3.00. The number of hydrogen-bond acceptors (Lipinski definition) is 2. The molecule has 1 unspecified atom stereocenters. The predicted octanol–water partition coefficient (Wildman–Crippen LogP) is 2.47. The summed E-state index contributed by atoms with van der Waals surface area (Å²) in [6.07, 6.45) is 0.877. The number of benzene rings is 1. The quantitative estimate of drug-likeness (QED) is 0.880. The maximum Gasteiger partial charge on any atom is 0.333 e. The number of rotatable bonds is 4. The molecule has 0 aliphatic heterocycles. The second kappa shape index (κ2) is 4.07. The minimum absolute atomic E-state index is 0.383. The highest BCUT2D eigenvalue weighted by Gasteiger charge is 2.54. The zero-order valence-electron chi connectivity index (χ0n) is 8.94. The Kier molecular flexibility index (Phi) is 2.91. The number of carbonyl (C=O) groups is 1. The van der Waals surface area contributed by atoms with Crippen LogP contribution in [-0.2, 0) is 14.9 Å². The SMILES string of the molecule is COC(C(=O)O)C1(c2cccc(Cl)c2)CC1. The zero-order valence-corrected chi connectivity index (χ0v) is 9.70. The van der Waals surface area contributed by atoms with Crippen LogP contribution in [0.2, 0.25) is 5.02 Å². The fraction of sp³-hybridized carbons (Fsp3) is 0.417. The summed E-state index contributed by atoms with van der Waals surface area (Å²) in [4.78, 5) is 11.1. The van der Waals surface area contributed by atoms with Gasteiger partial charge in [-0.1, -0.05) is 23.7 Å². The Labute approximate surface area is 99.0 Å². The monoisotopic (exact) mass is 240 g/mol. The van der Waals surface area contributed by atoms with Crippen LogP contribution < -0.4 is 0 Å². The zero-order chi connectivity index (χ0) is 11.8. The van der Waals surface area contributed by atoms with E-state index in [1.807, 2.05) is 18.2 Å². The van der Waals surface area contributed by atoms with Gasteiger partial charge in [-0.3, -0.25) is 0 Å². The van der Waals surface area contributed by atoms with Gasteiger partial charge in [0, 0.05) is 17.5 Å². The van der Waals surface area contributed by atoms with E-state index in [4.69, 9.17) is 21.4 Å². The van der Waals surface area contributed by atoms with Crippen LogP contribution in [-0.4, -0.2) is 24.3 Å². The lowest BCUT2D eigenvalue weighted by atomic mass is 9.90. The molecule has 0 spiro atoms. The Morgan fingerprint density at radius 1 is 1.56 bits per heavy atom. The third-order valence-electron chi connectivity index (χ3n) is 3.15. The molecule has 0 amide bonds. The number of carboxylic acid groups (broad SMARTS) is 1. The first-order valence-corrected chi connectivity index (χ1v) is 5.49. The van der Waals surface area contributed by atoms with E-state index in [0.717, 1.165) is 18.4 Å². The summed E-state index contributed by atoms with van der Waals surface area (Å²) in [5.41, 5.74) is 0.570. The van der Waals surface area contributed by atoms with Gasteiger partial charge in [-0.2, -0.15) is 0 Å². The minimum Gasteiger partial charge on any atom is -0.479 e. The van der Waals surface area contributed by atoms with Gasteiger partial charge in [-0.15, -0.1) is 0 Å². The fourth-order valence-corrected chi connectivity index (χ4v) is 2.39. The van der Waals surface area contributed by atoms with Gasteiger partial charge in [0.25, 0.3) is 0 Å². The number of ether oxygens (including phenoxy) is 1. The summed E-state index contributed by atoms with van der Waals surface area (Å²) >= 11 is 5.92. The molecule has 1 aliphatic carbocycles. The molecule has 1 aromatic rings. The van der Waals surface area contributed by atoms with Crippen molar-refractivity contribution < 1.29 is 14.6 Å². The van der Waals surface area contributed by atoms with Crippen molar-refractivity contribution in [1.82, 2.24) is 0 Å². The normalized spacial score (nSPS) is 19.1. The molecule has 1 atom stereocenters. The second-order valence-corrected chi connectivity index (χ2v) is 4.56. The van der Waals surface area contributed by atoms with Crippen molar-refractivity contribution >= 4 is 17.6 Å². The molecular formula is C12H13ClO3. The summed E-state index contributed by atoms with van der Waals surface area (Å²) in [6, 6.07) is 7.35. The Morgan fingerprint density at radius 3 is 2.69 bits per heavy atom. The maximum absolute atomic E-state index is 11.1. The third kappa shape index (κ3) is 1.81. The van der Waals surface area contributed by atoms with Crippen LogP contribution in [0, 0.1) is 0 Å². The van der Waals surface area contributed by atoms with Gasteiger partial charge in [0.05, 0.1) is 0 Å². The average molecular weight is 241 g/mol. The van der Waals surface area contributed by atoms with Gasteiger partial charge in [0.1, 0.15) is 0 Å². The first kappa shape index (κ1) is 11.4. The standard InChI is InChI=1S/C12H13ClO3/c1-16-10(11(14)15)12(5-6-12)8-3-2-4-9(13)7-8/h2-4,7,10H,5-6H2,1H3,(H,14,15). The molecule has 2 rings (SSSR count). The molecule has 1 aromatic carbocycles. The van der Waals surface area contributed by atoms with Crippen molar-refractivity contribution in [3.63, 3.8) is 0 Å². The van der Waals surface area contributed by atoms with E-state index >= 15 is 0 Å². The molecule has 0 radical (unpaired) electrons. The molecule has 3 nitrogen and oxygen atoms in total. The lowest BCUT2D eigenvalue weighted by Gasteiger charge is -2.22. The van der Waals surface area contributed by atoms with Gasteiger partial charge in [-0.25, -0.2) is 4.79 Å². The van der Waals surface area contributed by atoms with Crippen molar-refractivity contribution in [2.45, 2.75) is 24.4 Å². The Balaban J connectivity index is 2.35. The smallest absolute Gasteiger partial charge is 0.333 e. The molecule has 0 saturated heterocycles. The van der Waals surface area contributed by atoms with E-state index in [1.165, 1.54) is 7.11 Å². The first-order chi connectivity index (χ1) is 7.60. The molecule has 1 saturated carbocycles. The maximum atomic E-state index is 11.1. The number of aliphatic carboxylic acids is 1. The highest BCUT2D eigenvalue weighted by atomic mass is 35.5. The molecule has 1 aliphatic rings. The van der Waals surface area contributed by atoms with Gasteiger partial charge in [-0.05, 0) is 30.5 Å². The van der Waals surface area contributed by atoms with Crippen molar-refractivity contribution in [3.8, 4) is 0 Å². The molecule has 4 heteroatoms. The van der Waals surface area contributed by atoms with Gasteiger partial charge in [0.2, 0.25) is 0 Å². The first-order valence-electron chi connectivity index (χ1n) is 5.12. The molecule has 16 heavy (non-hydrogen) atoms. The van der Waals surface area contributed by atoms with Crippen LogP contribution in [0.15, 0.2) is 24.3 Å². The number of methoxy groups -OCH3 is 1. The lowest BCUT2D eigenvalue weighted by Crippen LogP contribution is -2.35. The minimum atomic E-state index is -0.917. The summed E-state index contributed by atoms with van der Waals surface area (Å²) in [5.74, 6) is -0.917. The van der Waals surface area contributed by atoms with Crippen LogP contribution in [0.4, 0.5) is 0 Å². The largest absolute Gasteiger partial charge is 0.479 e. The van der Waals surface area contributed by atoms with Crippen LogP contribution in [0.25, 0.3) is 0 Å². The predicted molar refractivity (Wildman–Crippen MR) is 60.8 cm³/mol. The fourth-order valence-electron chi connectivity index (χ4n) is 2.20. The van der Waals surface area contributed by atoms with Crippen molar-refractivity contribution in [2.75, 3.05) is 7.11 Å². The van der Waals surface area contributed by atoms with Crippen LogP contribution in [0.1, 0.15) is 18.4 Å². The summed E-state index contributed by atoms with van der Waals surface area (Å²) in [6.45, 7) is 0. The topological polar surface area (TPSA) is 46.5 Å². The van der Waals surface area contributed by atoms with E-state index < -0.39 is 12.1 Å². The molecule has 0 heterocycles. The van der Waals surface area contributed by atoms with E-state index in [-0.39, 0.29) is 5.41 Å². The molecule has 86 valence electrons. The van der Waals surface area contributed by atoms with E-state index in [1.54, 1.807) is 6.07 Å². The van der Waals surface area contributed by atoms with Gasteiger partial charge >= 0.3 is 5.97 Å². The van der Waals surface area contributed by atoms with Crippen LogP contribution >= 0.6 is 11.6 Å². The highest BCUT2D eigenvalue weighted by Crippen LogP contribution is 2.52. The van der Waals surface area contributed by atoms with Gasteiger partial charge in [0.15, 0.2) is 6.10 Å². The van der Waals surface area contributed by atoms with Gasteiger partial charge < -0.3 is 9.84 Å². The van der Waals surface area contributed by atoms with E-state index in [9.17, 15) is 4.79 Å². The van der Waals surface area contributed by atoms with E-state index in [2.05, 4.69) is 0 Å². The molecule has 0 bridgehead atoms. The van der Waals surface area contributed by atoms with Crippen LogP contribution in [0.3, 0.4) is 0 Å². The van der Waals surface area contributed by atoms with E-state index in [0.29, 0.717) is 5.02 Å². The second-order valence-electron chi connectivity index (χ2n) is 4.12. The number of hydrogen-bond donors (Lipinski definition) is 1. The Hall–Kier alpha value is -1.06. The Morgan fingerprint density at radius 2 is 2.25 bits per heavy atom. The van der Waals surface area contributed by atoms with Crippen molar-refractivity contribution in [2.24, 2.45) is 0 Å². The summed E-state index contributed by atoms with van der Waals surface area (Å²) < 4.78 is 5.09. The molecule has 1 N–H and O–H groups in total.